The van der Waals surface area contributed by atoms with E-state index in [0.29, 0.717) is 6.61 Å². The van der Waals surface area contributed by atoms with Gasteiger partial charge >= 0.3 is 0 Å². The molecule has 5 rings (SSSR count). The molecule has 1 aliphatic carbocycles. The first-order chi connectivity index (χ1) is 15.0. The molecule has 5 nitrogen and oxygen atoms in total. The fourth-order valence-electron chi connectivity index (χ4n) is 4.11. The molecule has 0 radical (unpaired) electrons. The van der Waals surface area contributed by atoms with Gasteiger partial charge in [0.1, 0.15) is 23.8 Å². The molecule has 2 N–H and O–H groups in total. The van der Waals surface area contributed by atoms with Crippen LogP contribution >= 0.6 is 11.6 Å². The number of aliphatic hydroxyl groups excluding tert-OH is 1. The minimum absolute atomic E-state index is 0.0816. The molecule has 0 amide bonds. The highest BCUT2D eigenvalue weighted by atomic mass is 35.5. The van der Waals surface area contributed by atoms with Gasteiger partial charge < -0.3 is 20.1 Å². The van der Waals surface area contributed by atoms with E-state index in [4.69, 9.17) is 16.3 Å². The number of pyridine rings is 1. The van der Waals surface area contributed by atoms with E-state index in [1.807, 2.05) is 42.5 Å². The van der Waals surface area contributed by atoms with Gasteiger partial charge in [-0.3, -0.25) is 0 Å². The topological polar surface area (TPSA) is 57.6 Å². The van der Waals surface area contributed by atoms with Crippen molar-refractivity contribution in [2.75, 3.05) is 23.4 Å². The summed E-state index contributed by atoms with van der Waals surface area (Å²) in [5.41, 5.74) is 3.94. The minimum Gasteiger partial charge on any atom is -0.508 e. The van der Waals surface area contributed by atoms with E-state index >= 15 is 0 Å². The second-order valence-electron chi connectivity index (χ2n) is 8.13. The van der Waals surface area contributed by atoms with Gasteiger partial charge in [-0.25, -0.2) is 4.98 Å². The van der Waals surface area contributed by atoms with Crippen molar-refractivity contribution in [3.63, 3.8) is 0 Å². The van der Waals surface area contributed by atoms with Crippen LogP contribution in [0.4, 0.5) is 11.5 Å². The highest BCUT2D eigenvalue weighted by Gasteiger charge is 2.45. The number of ether oxygens (including phenoxy) is 1. The summed E-state index contributed by atoms with van der Waals surface area (Å²) in [6.45, 7) is 5.79. The fourth-order valence-corrected chi connectivity index (χ4v) is 4.24. The molecule has 2 aliphatic rings. The number of hydrogen-bond donors (Lipinski definition) is 2. The van der Waals surface area contributed by atoms with E-state index in [2.05, 4.69) is 33.9 Å². The van der Waals surface area contributed by atoms with Crippen molar-refractivity contribution in [1.82, 2.24) is 4.98 Å². The number of nitrogens with zero attached hydrogens (tertiary/aromatic N) is 2. The first-order valence-corrected chi connectivity index (χ1v) is 10.8. The monoisotopic (exact) mass is 433 g/mol. The first-order valence-electron chi connectivity index (χ1n) is 10.4. The highest BCUT2D eigenvalue weighted by Crippen LogP contribution is 2.50. The summed E-state index contributed by atoms with van der Waals surface area (Å²) in [6.07, 6.45) is 3.84. The maximum absolute atomic E-state index is 9.62. The predicted molar refractivity (Wildman–Crippen MR) is 125 cm³/mol. The van der Waals surface area contributed by atoms with E-state index < -0.39 is 0 Å². The van der Waals surface area contributed by atoms with Crippen LogP contribution in [0, 0.1) is 0 Å². The van der Waals surface area contributed by atoms with E-state index in [0.717, 1.165) is 53.8 Å². The van der Waals surface area contributed by atoms with Crippen LogP contribution in [-0.2, 0) is 12.1 Å². The van der Waals surface area contributed by atoms with Crippen LogP contribution in [0.2, 0.25) is 5.02 Å². The number of aliphatic hydroxyl groups is 1. The molecule has 31 heavy (non-hydrogen) atoms. The molecule has 0 unspecified atom stereocenters. The number of fused-ring (bicyclic) bond motifs is 1. The molecule has 1 fully saturated rings. The lowest BCUT2D eigenvalue weighted by Gasteiger charge is -2.33. The summed E-state index contributed by atoms with van der Waals surface area (Å²) in [4.78, 5) is 7.00. The van der Waals surface area contributed by atoms with Gasteiger partial charge in [0.15, 0.2) is 5.82 Å². The molecule has 0 spiro atoms. The number of rotatable bonds is 6. The summed E-state index contributed by atoms with van der Waals surface area (Å²) in [7, 11) is 0. The van der Waals surface area contributed by atoms with Gasteiger partial charge in [-0.1, -0.05) is 54.6 Å². The van der Waals surface area contributed by atoms with Gasteiger partial charge in [0.25, 0.3) is 0 Å². The molecule has 1 aliphatic heterocycles. The SMILES string of the molecule is C=C(O)c1ccc(C2(Nc3nccc4c3N(Cc3ccc(Cl)cc3)CCO4)CC2)cc1. The zero-order valence-corrected chi connectivity index (χ0v) is 17.9. The van der Waals surface area contributed by atoms with Crippen molar-refractivity contribution in [1.29, 1.82) is 0 Å². The Labute approximate surface area is 187 Å². The van der Waals surface area contributed by atoms with Gasteiger partial charge in [-0.2, -0.15) is 0 Å². The molecular formula is C25H24ClN3O2. The van der Waals surface area contributed by atoms with E-state index in [1.165, 1.54) is 11.1 Å². The van der Waals surface area contributed by atoms with E-state index in [1.54, 1.807) is 6.20 Å². The molecule has 6 heteroatoms. The van der Waals surface area contributed by atoms with Crippen LogP contribution in [0.1, 0.15) is 29.5 Å². The third-order valence-electron chi connectivity index (χ3n) is 5.99. The van der Waals surface area contributed by atoms with Crippen molar-refractivity contribution in [3.05, 3.63) is 89.1 Å². The Hall–Kier alpha value is -3.18. The molecule has 2 heterocycles. The second-order valence-corrected chi connectivity index (χ2v) is 8.57. The van der Waals surface area contributed by atoms with Crippen LogP contribution in [0.25, 0.3) is 5.76 Å². The molecule has 0 atom stereocenters. The van der Waals surface area contributed by atoms with Crippen molar-refractivity contribution in [2.45, 2.75) is 24.9 Å². The lowest BCUT2D eigenvalue weighted by atomic mass is 10.0. The van der Waals surface area contributed by atoms with Gasteiger partial charge in [0.2, 0.25) is 0 Å². The van der Waals surface area contributed by atoms with Crippen molar-refractivity contribution in [3.8, 4) is 5.75 Å². The second kappa shape index (κ2) is 7.82. The highest BCUT2D eigenvalue weighted by molar-refractivity contribution is 6.30. The zero-order valence-electron chi connectivity index (χ0n) is 17.1. The number of halogens is 1. The van der Waals surface area contributed by atoms with Crippen LogP contribution < -0.4 is 15.0 Å². The predicted octanol–water partition coefficient (Wildman–Crippen LogP) is 5.76. The molecule has 158 valence electrons. The summed E-state index contributed by atoms with van der Waals surface area (Å²) >= 11 is 6.05. The number of benzene rings is 2. The maximum atomic E-state index is 9.62. The molecule has 0 bridgehead atoms. The average molecular weight is 434 g/mol. The standard InChI is InChI=1S/C25H24ClN3O2/c1-17(30)19-4-6-20(7-5-19)25(11-12-25)28-24-23-22(10-13-27-24)31-15-14-29(23)16-18-2-8-21(26)9-3-18/h2-10,13,30H,1,11-12,14-16H2,(H,27,28). The Kier molecular flexibility index (Phi) is 4.98. The van der Waals surface area contributed by atoms with Crippen LogP contribution in [0.5, 0.6) is 5.75 Å². The Morgan fingerprint density at radius 1 is 1.13 bits per heavy atom. The Bertz CT molecular complexity index is 1110. The lowest BCUT2D eigenvalue weighted by Crippen LogP contribution is -2.34. The molecule has 2 aromatic carbocycles. The molecular weight excluding hydrogens is 410 g/mol. The molecule has 3 aromatic rings. The molecule has 0 saturated heterocycles. The van der Waals surface area contributed by atoms with Crippen LogP contribution in [0.3, 0.4) is 0 Å². The number of nitrogens with one attached hydrogen (secondary N) is 1. The van der Waals surface area contributed by atoms with E-state index in [9.17, 15) is 5.11 Å². The smallest absolute Gasteiger partial charge is 0.154 e. The van der Waals surface area contributed by atoms with Gasteiger partial charge in [-0.05, 0) is 36.1 Å². The Balaban J connectivity index is 1.44. The van der Waals surface area contributed by atoms with E-state index in [-0.39, 0.29) is 11.3 Å². The van der Waals surface area contributed by atoms with Crippen molar-refractivity contribution < 1.29 is 9.84 Å². The Morgan fingerprint density at radius 2 is 1.87 bits per heavy atom. The normalized spacial score (nSPS) is 16.2. The lowest BCUT2D eigenvalue weighted by molar-refractivity contribution is 0.306. The summed E-state index contributed by atoms with van der Waals surface area (Å²) in [6, 6.07) is 17.8. The van der Waals surface area contributed by atoms with Gasteiger partial charge in [0.05, 0.1) is 12.1 Å². The fraction of sp³-hybridized carbons (Fsp3) is 0.240. The number of anilines is 2. The van der Waals surface area contributed by atoms with Gasteiger partial charge in [-0.15, -0.1) is 0 Å². The van der Waals surface area contributed by atoms with Gasteiger partial charge in [0, 0.05) is 29.4 Å². The van der Waals surface area contributed by atoms with Crippen LogP contribution in [-0.4, -0.2) is 23.2 Å². The third kappa shape index (κ3) is 3.93. The first kappa shape index (κ1) is 19.8. The Morgan fingerprint density at radius 3 is 2.55 bits per heavy atom. The quantitative estimate of drug-likeness (QED) is 0.484. The number of hydrogen-bond acceptors (Lipinski definition) is 5. The van der Waals surface area contributed by atoms with Crippen LogP contribution in [0.15, 0.2) is 67.4 Å². The maximum Gasteiger partial charge on any atom is 0.154 e. The average Bonchev–Trinajstić information content (AvgIpc) is 3.56. The summed E-state index contributed by atoms with van der Waals surface area (Å²) in [5.74, 6) is 1.76. The minimum atomic E-state index is -0.152. The third-order valence-corrected chi connectivity index (χ3v) is 6.24. The molecule has 1 saturated carbocycles. The van der Waals surface area contributed by atoms with Crippen molar-refractivity contribution in [2.24, 2.45) is 0 Å². The summed E-state index contributed by atoms with van der Waals surface area (Å²) in [5, 5.41) is 14.1. The largest absolute Gasteiger partial charge is 0.508 e. The molecule has 1 aromatic heterocycles. The zero-order chi connectivity index (χ0) is 21.4. The number of aromatic nitrogens is 1. The van der Waals surface area contributed by atoms with Crippen molar-refractivity contribution >= 4 is 28.9 Å². The summed E-state index contributed by atoms with van der Waals surface area (Å²) < 4.78 is 5.95.